The smallest absolute Gasteiger partial charge is 0.414 e. The van der Waals surface area contributed by atoms with E-state index in [0.29, 0.717) is 5.69 Å². The predicted octanol–water partition coefficient (Wildman–Crippen LogP) is 3.02. The molecule has 1 aromatic rings. The van der Waals surface area contributed by atoms with Crippen molar-refractivity contribution >= 4 is 17.6 Å². The second kappa shape index (κ2) is 6.76. The van der Waals surface area contributed by atoms with Crippen molar-refractivity contribution in [2.24, 2.45) is 0 Å². The number of nitrogens with zero attached hydrogens (tertiary/aromatic N) is 1. The summed E-state index contributed by atoms with van der Waals surface area (Å²) in [6, 6.07) is 9.04. The van der Waals surface area contributed by atoms with Crippen LogP contribution in [0, 0.1) is 12.3 Å². The van der Waals surface area contributed by atoms with Gasteiger partial charge in [0.1, 0.15) is 5.60 Å². The van der Waals surface area contributed by atoms with E-state index in [4.69, 9.17) is 11.2 Å². The molecule has 0 fully saturated rings. The van der Waals surface area contributed by atoms with Crippen molar-refractivity contribution in [3.63, 3.8) is 0 Å². The van der Waals surface area contributed by atoms with Gasteiger partial charge in [0, 0.05) is 18.7 Å². The molecule has 0 saturated heterocycles. The first kappa shape index (κ1) is 15.8. The normalized spacial score (nSPS) is 10.5. The average molecular weight is 273 g/mol. The molecule has 1 amide bonds. The summed E-state index contributed by atoms with van der Waals surface area (Å²) >= 11 is 0. The third-order valence-corrected chi connectivity index (χ3v) is 2.41. The van der Waals surface area contributed by atoms with Crippen LogP contribution in [-0.2, 0) is 9.53 Å². The summed E-state index contributed by atoms with van der Waals surface area (Å²) in [6.45, 7) is 5.57. The average Bonchev–Trinajstić information content (AvgIpc) is 2.37. The summed E-state index contributed by atoms with van der Waals surface area (Å²) in [5.41, 5.74) is 0.0758. The number of Topliss-reactive ketones (excluding diaryl/α,β-unsaturated/α-hetero) is 1. The summed E-state index contributed by atoms with van der Waals surface area (Å²) in [6.07, 6.45) is 4.65. The maximum Gasteiger partial charge on any atom is 0.414 e. The van der Waals surface area contributed by atoms with Gasteiger partial charge < -0.3 is 4.74 Å². The number of benzene rings is 1. The lowest BCUT2D eigenvalue weighted by Gasteiger charge is -2.27. The maximum atomic E-state index is 12.2. The van der Waals surface area contributed by atoms with Gasteiger partial charge in [0.2, 0.25) is 5.78 Å². The molecule has 4 heteroatoms. The molecule has 0 heterocycles. The number of hydrogen-bond acceptors (Lipinski definition) is 3. The molecule has 0 aliphatic rings. The molecule has 0 radical (unpaired) electrons. The fraction of sp³-hybridized carbons (Fsp3) is 0.375. The Morgan fingerprint density at radius 3 is 2.35 bits per heavy atom. The van der Waals surface area contributed by atoms with Gasteiger partial charge in [-0.2, -0.15) is 0 Å². The van der Waals surface area contributed by atoms with Crippen molar-refractivity contribution in [1.29, 1.82) is 0 Å². The number of carbonyl (C=O) groups is 2. The zero-order chi connectivity index (χ0) is 15.2. The molecule has 0 aromatic heterocycles. The SMILES string of the molecule is C#CC(=O)CCN(C(=O)OC(C)(C)C)c1ccccc1. The fourth-order valence-corrected chi connectivity index (χ4v) is 1.54. The summed E-state index contributed by atoms with van der Waals surface area (Å²) in [5.74, 6) is 1.70. The molecule has 0 aliphatic carbocycles. The van der Waals surface area contributed by atoms with Crippen molar-refractivity contribution in [2.45, 2.75) is 32.8 Å². The van der Waals surface area contributed by atoms with Gasteiger partial charge in [0.15, 0.2) is 0 Å². The van der Waals surface area contributed by atoms with Crippen molar-refractivity contribution in [2.75, 3.05) is 11.4 Å². The fourth-order valence-electron chi connectivity index (χ4n) is 1.54. The van der Waals surface area contributed by atoms with E-state index >= 15 is 0 Å². The minimum atomic E-state index is -0.597. The lowest BCUT2D eigenvalue weighted by atomic mass is 10.2. The molecule has 0 aliphatic heterocycles. The number of ketones is 1. The van der Waals surface area contributed by atoms with E-state index in [2.05, 4.69) is 0 Å². The van der Waals surface area contributed by atoms with Crippen LogP contribution in [0.2, 0.25) is 0 Å². The lowest BCUT2D eigenvalue weighted by molar-refractivity contribution is -0.113. The number of hydrogen-bond donors (Lipinski definition) is 0. The van der Waals surface area contributed by atoms with Gasteiger partial charge in [-0.15, -0.1) is 6.42 Å². The third-order valence-electron chi connectivity index (χ3n) is 2.41. The molecule has 0 atom stereocenters. The number of para-hydroxylation sites is 1. The molecule has 0 spiro atoms. The molecule has 0 N–H and O–H groups in total. The second-order valence-electron chi connectivity index (χ2n) is 5.29. The van der Waals surface area contributed by atoms with E-state index < -0.39 is 11.7 Å². The minimum absolute atomic E-state index is 0.102. The number of rotatable bonds is 4. The van der Waals surface area contributed by atoms with Crippen LogP contribution in [0.5, 0.6) is 0 Å². The topological polar surface area (TPSA) is 46.6 Å². The molecule has 1 aromatic carbocycles. The van der Waals surface area contributed by atoms with Crippen LogP contribution < -0.4 is 4.90 Å². The molecule has 106 valence electrons. The second-order valence-corrected chi connectivity index (χ2v) is 5.29. The molecule has 4 nitrogen and oxygen atoms in total. The largest absolute Gasteiger partial charge is 0.443 e. The van der Waals surface area contributed by atoms with E-state index in [9.17, 15) is 9.59 Å². The van der Waals surface area contributed by atoms with Crippen LogP contribution in [0.4, 0.5) is 10.5 Å². The van der Waals surface area contributed by atoms with Crippen molar-refractivity contribution in [3.05, 3.63) is 30.3 Å². The zero-order valence-corrected chi connectivity index (χ0v) is 12.1. The Bertz CT molecular complexity index is 509. The van der Waals surface area contributed by atoms with E-state index in [1.807, 2.05) is 24.1 Å². The molecule has 0 bridgehead atoms. The first-order valence-electron chi connectivity index (χ1n) is 6.38. The summed E-state index contributed by atoms with van der Waals surface area (Å²) in [7, 11) is 0. The standard InChI is InChI=1S/C16H19NO3/c1-5-14(18)11-12-17(13-9-7-6-8-10-13)15(19)20-16(2,3)4/h1,6-10H,11-12H2,2-4H3. The highest BCUT2D eigenvalue weighted by atomic mass is 16.6. The summed E-state index contributed by atoms with van der Waals surface area (Å²) in [5, 5.41) is 0. The number of ether oxygens (including phenoxy) is 1. The van der Waals surface area contributed by atoms with E-state index in [-0.39, 0.29) is 18.7 Å². The Morgan fingerprint density at radius 1 is 1.25 bits per heavy atom. The molecule has 1 rings (SSSR count). The Labute approximate surface area is 119 Å². The molecule has 20 heavy (non-hydrogen) atoms. The third kappa shape index (κ3) is 5.15. The maximum absolute atomic E-state index is 12.2. The summed E-state index contributed by atoms with van der Waals surface area (Å²) in [4.78, 5) is 24.9. The Balaban J connectivity index is 2.88. The Hall–Kier alpha value is -2.28. The van der Waals surface area contributed by atoms with Crippen molar-refractivity contribution < 1.29 is 14.3 Å². The molecular formula is C16H19NO3. The summed E-state index contributed by atoms with van der Waals surface area (Å²) < 4.78 is 5.34. The van der Waals surface area contributed by atoms with Crippen molar-refractivity contribution in [1.82, 2.24) is 0 Å². The zero-order valence-electron chi connectivity index (χ0n) is 12.1. The van der Waals surface area contributed by atoms with Crippen LogP contribution >= 0.6 is 0 Å². The number of amides is 1. The van der Waals surface area contributed by atoms with Gasteiger partial charge in [-0.25, -0.2) is 4.79 Å². The first-order chi connectivity index (χ1) is 9.33. The van der Waals surface area contributed by atoms with Crippen LogP contribution in [0.25, 0.3) is 0 Å². The quantitative estimate of drug-likeness (QED) is 0.626. The van der Waals surface area contributed by atoms with Crippen LogP contribution in [-0.4, -0.2) is 24.0 Å². The number of anilines is 1. The minimum Gasteiger partial charge on any atom is -0.443 e. The van der Waals surface area contributed by atoms with Gasteiger partial charge in [-0.3, -0.25) is 9.69 Å². The lowest BCUT2D eigenvalue weighted by Crippen LogP contribution is -2.38. The Kier molecular flexibility index (Phi) is 5.33. The monoisotopic (exact) mass is 273 g/mol. The number of terminal acetylenes is 1. The highest BCUT2D eigenvalue weighted by molar-refractivity contribution is 5.96. The van der Waals surface area contributed by atoms with E-state index in [1.165, 1.54) is 4.90 Å². The molecule has 0 unspecified atom stereocenters. The highest BCUT2D eigenvalue weighted by Gasteiger charge is 2.23. The predicted molar refractivity (Wildman–Crippen MR) is 78.5 cm³/mol. The van der Waals surface area contributed by atoms with E-state index in [1.54, 1.807) is 32.9 Å². The van der Waals surface area contributed by atoms with Crippen LogP contribution in [0.15, 0.2) is 30.3 Å². The first-order valence-corrected chi connectivity index (χ1v) is 6.38. The highest BCUT2D eigenvalue weighted by Crippen LogP contribution is 2.18. The van der Waals surface area contributed by atoms with Gasteiger partial charge in [-0.05, 0) is 38.8 Å². The van der Waals surface area contributed by atoms with Gasteiger partial charge >= 0.3 is 6.09 Å². The van der Waals surface area contributed by atoms with E-state index in [0.717, 1.165) is 0 Å². The van der Waals surface area contributed by atoms with Gasteiger partial charge in [0.25, 0.3) is 0 Å². The molecular weight excluding hydrogens is 254 g/mol. The molecule has 0 saturated carbocycles. The number of carbonyl (C=O) groups excluding carboxylic acids is 2. The Morgan fingerprint density at radius 2 is 1.85 bits per heavy atom. The van der Waals surface area contributed by atoms with Crippen LogP contribution in [0.1, 0.15) is 27.2 Å². The van der Waals surface area contributed by atoms with Gasteiger partial charge in [0.05, 0.1) is 0 Å². The van der Waals surface area contributed by atoms with Gasteiger partial charge in [-0.1, -0.05) is 18.2 Å². The van der Waals surface area contributed by atoms with Crippen LogP contribution in [0.3, 0.4) is 0 Å². The van der Waals surface area contributed by atoms with Crippen molar-refractivity contribution in [3.8, 4) is 12.3 Å².